The van der Waals surface area contributed by atoms with Crippen molar-refractivity contribution in [2.45, 2.75) is 13.8 Å². The van der Waals surface area contributed by atoms with E-state index in [0.717, 1.165) is 15.6 Å². The van der Waals surface area contributed by atoms with Gasteiger partial charge in [0.1, 0.15) is 0 Å². The predicted octanol–water partition coefficient (Wildman–Crippen LogP) is 4.52. The van der Waals surface area contributed by atoms with Gasteiger partial charge in [-0.2, -0.15) is 0 Å². The number of nitrogens with zero attached hydrogens (tertiary/aromatic N) is 1. The smallest absolute Gasteiger partial charge is 0.254 e. The molecule has 2 aromatic carbocycles. The van der Waals surface area contributed by atoms with E-state index in [9.17, 15) is 9.59 Å². The molecule has 154 valence electrons. The van der Waals surface area contributed by atoms with Crippen LogP contribution in [0.3, 0.4) is 0 Å². The highest BCUT2D eigenvalue weighted by Gasteiger charge is 2.19. The number of methoxy groups -OCH3 is 2. The Kier molecular flexibility index (Phi) is 7.84. The van der Waals surface area contributed by atoms with Crippen molar-refractivity contribution < 1.29 is 19.1 Å². The van der Waals surface area contributed by atoms with Gasteiger partial charge in [0.25, 0.3) is 5.91 Å². The van der Waals surface area contributed by atoms with E-state index in [2.05, 4.69) is 21.2 Å². The second kappa shape index (κ2) is 10.1. The maximum Gasteiger partial charge on any atom is 0.254 e. The summed E-state index contributed by atoms with van der Waals surface area (Å²) in [6.07, 6.45) is 3.68. The molecule has 29 heavy (non-hydrogen) atoms. The third-order valence-corrected chi connectivity index (χ3v) is 4.78. The van der Waals surface area contributed by atoms with Gasteiger partial charge >= 0.3 is 0 Å². The number of benzene rings is 2. The van der Waals surface area contributed by atoms with Crippen LogP contribution in [0.5, 0.6) is 11.5 Å². The van der Waals surface area contributed by atoms with Crippen molar-refractivity contribution in [3.63, 3.8) is 0 Å². The molecule has 0 aliphatic heterocycles. The number of ether oxygens (including phenoxy) is 2. The number of amides is 2. The molecule has 1 N–H and O–H groups in total. The van der Waals surface area contributed by atoms with Gasteiger partial charge in [0.2, 0.25) is 5.91 Å². The minimum Gasteiger partial charge on any atom is -0.493 e. The standard InChI is InChI=1S/C22H25BrN2O4/c1-6-7-15-11-16(12-19(28-4)21(15)29-5)22(27)25(3)13-20(26)24-18-9-8-17(23)10-14(18)2/h6-12H,13H2,1-5H3,(H,24,26)/b7-6+. The molecular weight excluding hydrogens is 436 g/mol. The fourth-order valence-electron chi connectivity index (χ4n) is 2.89. The van der Waals surface area contributed by atoms with Crippen molar-refractivity contribution in [3.05, 3.63) is 57.6 Å². The predicted molar refractivity (Wildman–Crippen MR) is 119 cm³/mol. The summed E-state index contributed by atoms with van der Waals surface area (Å²) in [6, 6.07) is 8.91. The van der Waals surface area contributed by atoms with Crippen molar-refractivity contribution in [1.82, 2.24) is 4.90 Å². The molecule has 0 atom stereocenters. The highest BCUT2D eigenvalue weighted by atomic mass is 79.9. The van der Waals surface area contributed by atoms with Crippen LogP contribution in [-0.4, -0.2) is 44.5 Å². The summed E-state index contributed by atoms with van der Waals surface area (Å²) in [6.45, 7) is 3.70. The Bertz CT molecular complexity index is 941. The lowest BCUT2D eigenvalue weighted by atomic mass is 10.1. The van der Waals surface area contributed by atoms with Crippen molar-refractivity contribution >= 4 is 39.5 Å². The van der Waals surface area contributed by atoms with E-state index < -0.39 is 0 Å². The topological polar surface area (TPSA) is 67.9 Å². The maximum absolute atomic E-state index is 12.9. The first-order valence-corrected chi connectivity index (χ1v) is 9.80. The molecule has 0 spiro atoms. The van der Waals surface area contributed by atoms with Crippen LogP contribution in [0.4, 0.5) is 5.69 Å². The van der Waals surface area contributed by atoms with Gasteiger partial charge in [-0.1, -0.05) is 28.1 Å². The number of nitrogens with one attached hydrogen (secondary N) is 1. The van der Waals surface area contributed by atoms with Crippen LogP contribution in [0.1, 0.15) is 28.4 Å². The van der Waals surface area contributed by atoms with Gasteiger partial charge in [0.05, 0.1) is 20.8 Å². The van der Waals surface area contributed by atoms with Crippen molar-refractivity contribution in [2.24, 2.45) is 0 Å². The fraction of sp³-hybridized carbons (Fsp3) is 0.273. The van der Waals surface area contributed by atoms with E-state index in [1.807, 2.05) is 44.2 Å². The molecule has 0 aliphatic carbocycles. The summed E-state index contributed by atoms with van der Waals surface area (Å²) in [7, 11) is 4.65. The van der Waals surface area contributed by atoms with Gasteiger partial charge in [-0.25, -0.2) is 0 Å². The molecule has 0 radical (unpaired) electrons. The van der Waals surface area contributed by atoms with E-state index in [1.54, 1.807) is 26.3 Å². The van der Waals surface area contributed by atoms with Crippen LogP contribution in [0.2, 0.25) is 0 Å². The van der Waals surface area contributed by atoms with Crippen molar-refractivity contribution in [1.29, 1.82) is 0 Å². The van der Waals surface area contributed by atoms with E-state index in [4.69, 9.17) is 9.47 Å². The second-order valence-corrected chi connectivity index (χ2v) is 7.39. The molecule has 0 heterocycles. The first kappa shape index (κ1) is 22.5. The molecule has 0 saturated heterocycles. The zero-order valence-corrected chi connectivity index (χ0v) is 18.8. The number of carbonyl (C=O) groups is 2. The van der Waals surface area contributed by atoms with Gasteiger partial charge in [-0.15, -0.1) is 0 Å². The molecule has 2 amide bonds. The van der Waals surface area contributed by atoms with Crippen LogP contribution in [0.25, 0.3) is 6.08 Å². The Morgan fingerprint density at radius 2 is 1.90 bits per heavy atom. The average Bonchev–Trinajstić information content (AvgIpc) is 2.69. The Morgan fingerprint density at radius 3 is 2.48 bits per heavy atom. The third kappa shape index (κ3) is 5.60. The van der Waals surface area contributed by atoms with Gasteiger partial charge in [-0.05, 0) is 49.7 Å². The summed E-state index contributed by atoms with van der Waals surface area (Å²) in [5.74, 6) is 0.433. The third-order valence-electron chi connectivity index (χ3n) is 4.29. The summed E-state index contributed by atoms with van der Waals surface area (Å²) in [5, 5.41) is 2.84. The molecule has 2 rings (SSSR count). The number of hydrogen-bond acceptors (Lipinski definition) is 4. The quantitative estimate of drug-likeness (QED) is 0.659. The SMILES string of the molecule is C/C=C/c1cc(C(=O)N(C)CC(=O)Nc2ccc(Br)cc2C)cc(OC)c1OC. The van der Waals surface area contributed by atoms with E-state index in [-0.39, 0.29) is 18.4 Å². The van der Waals surface area contributed by atoms with Crippen molar-refractivity contribution in [2.75, 3.05) is 33.1 Å². The van der Waals surface area contributed by atoms with Gasteiger partial charge < -0.3 is 19.7 Å². The van der Waals surface area contributed by atoms with Crippen LogP contribution >= 0.6 is 15.9 Å². The van der Waals surface area contributed by atoms with Crippen LogP contribution in [0, 0.1) is 6.92 Å². The monoisotopic (exact) mass is 460 g/mol. The number of halogens is 1. The van der Waals surface area contributed by atoms with Crippen LogP contribution in [-0.2, 0) is 4.79 Å². The van der Waals surface area contributed by atoms with E-state index >= 15 is 0 Å². The van der Waals surface area contributed by atoms with Gasteiger partial charge in [-0.3, -0.25) is 9.59 Å². The van der Waals surface area contributed by atoms with Crippen LogP contribution in [0.15, 0.2) is 40.9 Å². The van der Waals surface area contributed by atoms with E-state index in [0.29, 0.717) is 22.7 Å². The number of rotatable bonds is 7. The number of anilines is 1. The Hall–Kier alpha value is -2.80. The summed E-state index contributed by atoms with van der Waals surface area (Å²) in [4.78, 5) is 26.7. The molecule has 0 aliphatic rings. The Morgan fingerprint density at radius 1 is 1.17 bits per heavy atom. The molecule has 0 saturated carbocycles. The molecule has 2 aromatic rings. The summed E-state index contributed by atoms with van der Waals surface area (Å²) in [5.41, 5.74) is 2.77. The molecule has 0 aromatic heterocycles. The first-order chi connectivity index (χ1) is 13.8. The normalized spacial score (nSPS) is 10.7. The molecule has 0 bridgehead atoms. The molecular formula is C22H25BrN2O4. The first-order valence-electron chi connectivity index (χ1n) is 9.00. The molecule has 7 heteroatoms. The van der Waals surface area contributed by atoms with Crippen molar-refractivity contribution in [3.8, 4) is 11.5 Å². The highest BCUT2D eigenvalue weighted by Crippen LogP contribution is 2.34. The zero-order chi connectivity index (χ0) is 21.6. The lowest BCUT2D eigenvalue weighted by molar-refractivity contribution is -0.116. The number of aryl methyl sites for hydroxylation is 1. The highest BCUT2D eigenvalue weighted by molar-refractivity contribution is 9.10. The van der Waals surface area contributed by atoms with Gasteiger partial charge in [0, 0.05) is 28.3 Å². The minimum absolute atomic E-state index is 0.0817. The second-order valence-electron chi connectivity index (χ2n) is 6.47. The Balaban J connectivity index is 2.18. The molecule has 0 fully saturated rings. The Labute approximate surface area is 179 Å². The summed E-state index contributed by atoms with van der Waals surface area (Å²) >= 11 is 3.40. The fourth-order valence-corrected chi connectivity index (χ4v) is 3.36. The largest absolute Gasteiger partial charge is 0.493 e. The number of hydrogen-bond donors (Lipinski definition) is 1. The number of allylic oxidation sites excluding steroid dienone is 1. The van der Waals surface area contributed by atoms with Gasteiger partial charge in [0.15, 0.2) is 11.5 Å². The molecule has 6 nitrogen and oxygen atoms in total. The average molecular weight is 461 g/mol. The van der Waals surface area contributed by atoms with E-state index in [1.165, 1.54) is 12.0 Å². The lowest BCUT2D eigenvalue weighted by Crippen LogP contribution is -2.35. The zero-order valence-electron chi connectivity index (χ0n) is 17.2. The van der Waals surface area contributed by atoms with Crippen LogP contribution < -0.4 is 14.8 Å². The molecule has 0 unspecified atom stereocenters. The summed E-state index contributed by atoms with van der Waals surface area (Å²) < 4.78 is 11.7. The number of likely N-dealkylation sites (N-methyl/N-ethyl adjacent to an activating group) is 1. The lowest BCUT2D eigenvalue weighted by Gasteiger charge is -2.19. The number of carbonyl (C=O) groups excluding carboxylic acids is 2. The minimum atomic E-state index is -0.292. The maximum atomic E-state index is 12.9.